The molecular formula is C21H28N3O2S+. The number of carbonyl (C=O) groups is 2. The maximum atomic E-state index is 12.6. The highest BCUT2D eigenvalue weighted by molar-refractivity contribution is 7.10. The Balaban J connectivity index is 1.58. The van der Waals surface area contributed by atoms with Gasteiger partial charge in [-0.25, -0.2) is 0 Å². The number of thiophene rings is 1. The molecule has 1 heterocycles. The van der Waals surface area contributed by atoms with Crippen LogP contribution in [0.4, 0.5) is 5.69 Å². The Morgan fingerprint density at radius 1 is 1.19 bits per heavy atom. The van der Waals surface area contributed by atoms with E-state index in [0.29, 0.717) is 17.8 Å². The molecule has 6 heteroatoms. The lowest BCUT2D eigenvalue weighted by molar-refractivity contribution is -0.884. The van der Waals surface area contributed by atoms with Gasteiger partial charge >= 0.3 is 0 Å². The number of aryl methyl sites for hydroxylation is 1. The van der Waals surface area contributed by atoms with Crippen LogP contribution >= 0.6 is 11.3 Å². The zero-order chi connectivity index (χ0) is 19.2. The highest BCUT2D eigenvalue weighted by Crippen LogP contribution is 2.20. The van der Waals surface area contributed by atoms with Crippen molar-refractivity contribution in [1.29, 1.82) is 0 Å². The lowest BCUT2D eigenvalue weighted by atomic mass is 10.1. The second kappa shape index (κ2) is 9.15. The third kappa shape index (κ3) is 5.40. The molecular weight excluding hydrogens is 358 g/mol. The smallest absolute Gasteiger partial charge is 0.279 e. The summed E-state index contributed by atoms with van der Waals surface area (Å²) >= 11 is 1.72. The molecule has 1 saturated carbocycles. The maximum Gasteiger partial charge on any atom is 0.279 e. The van der Waals surface area contributed by atoms with Gasteiger partial charge in [0.05, 0.1) is 23.2 Å². The molecule has 0 bridgehead atoms. The largest absolute Gasteiger partial charge is 0.349 e. The Hall–Kier alpha value is -2.18. The van der Waals surface area contributed by atoms with Crippen LogP contribution in [-0.2, 0) is 11.3 Å². The first-order chi connectivity index (χ1) is 13.0. The molecule has 1 fully saturated rings. The van der Waals surface area contributed by atoms with Gasteiger partial charge < -0.3 is 15.5 Å². The molecule has 1 unspecified atom stereocenters. The van der Waals surface area contributed by atoms with E-state index in [2.05, 4.69) is 29.0 Å². The molecule has 1 atom stereocenters. The predicted octanol–water partition coefficient (Wildman–Crippen LogP) is 2.38. The molecule has 2 amide bonds. The van der Waals surface area contributed by atoms with Crippen molar-refractivity contribution in [2.45, 2.75) is 45.2 Å². The zero-order valence-electron chi connectivity index (χ0n) is 16.0. The highest BCUT2D eigenvalue weighted by Gasteiger charge is 2.20. The number of carbonyl (C=O) groups excluding carboxylic acids is 2. The number of amides is 2. The normalized spacial score (nSPS) is 15.5. The number of para-hydroxylation sites is 1. The highest BCUT2D eigenvalue weighted by atomic mass is 32.1. The van der Waals surface area contributed by atoms with E-state index in [-0.39, 0.29) is 17.9 Å². The van der Waals surface area contributed by atoms with E-state index in [0.717, 1.165) is 24.3 Å². The Kier molecular flexibility index (Phi) is 6.63. The number of rotatable bonds is 7. The van der Waals surface area contributed by atoms with Crippen LogP contribution < -0.4 is 15.5 Å². The van der Waals surface area contributed by atoms with Gasteiger partial charge in [0.1, 0.15) is 6.54 Å². The van der Waals surface area contributed by atoms with Crippen molar-refractivity contribution in [3.8, 4) is 0 Å². The summed E-state index contributed by atoms with van der Waals surface area (Å²) in [5.74, 6) is -0.185. The molecule has 144 valence electrons. The third-order valence-electron chi connectivity index (χ3n) is 5.03. The lowest BCUT2D eigenvalue weighted by Gasteiger charge is -2.16. The van der Waals surface area contributed by atoms with Crippen LogP contribution in [0.5, 0.6) is 0 Å². The van der Waals surface area contributed by atoms with E-state index in [1.165, 1.54) is 23.3 Å². The monoisotopic (exact) mass is 386 g/mol. The number of benzene rings is 1. The zero-order valence-corrected chi connectivity index (χ0v) is 16.8. The minimum atomic E-state index is -0.104. The van der Waals surface area contributed by atoms with Crippen LogP contribution in [0.3, 0.4) is 0 Å². The number of nitrogens with one attached hydrogen (secondary N) is 3. The first-order valence-corrected chi connectivity index (χ1v) is 10.4. The molecule has 3 rings (SSSR count). The molecule has 0 spiro atoms. The van der Waals surface area contributed by atoms with E-state index in [1.54, 1.807) is 23.5 Å². The van der Waals surface area contributed by atoms with Crippen LogP contribution in [0.1, 0.15) is 46.5 Å². The van der Waals surface area contributed by atoms with Crippen LogP contribution in [0, 0.1) is 6.92 Å². The molecule has 0 saturated heterocycles. The predicted molar refractivity (Wildman–Crippen MR) is 109 cm³/mol. The lowest BCUT2D eigenvalue weighted by Crippen LogP contribution is -3.08. The number of hydrogen-bond acceptors (Lipinski definition) is 3. The van der Waals surface area contributed by atoms with Crippen LogP contribution in [-0.4, -0.2) is 31.4 Å². The van der Waals surface area contributed by atoms with E-state index in [4.69, 9.17) is 0 Å². The molecule has 5 nitrogen and oxygen atoms in total. The second-order valence-corrected chi connectivity index (χ2v) is 8.39. The van der Waals surface area contributed by atoms with Gasteiger partial charge in [0.2, 0.25) is 0 Å². The minimum Gasteiger partial charge on any atom is -0.349 e. The summed E-state index contributed by atoms with van der Waals surface area (Å²) in [7, 11) is 2.01. The molecule has 0 radical (unpaired) electrons. The molecule has 3 N–H and O–H groups in total. The number of anilines is 1. The van der Waals surface area contributed by atoms with Gasteiger partial charge in [-0.05, 0) is 48.9 Å². The van der Waals surface area contributed by atoms with Crippen LogP contribution in [0.15, 0.2) is 35.7 Å². The third-order valence-corrected chi connectivity index (χ3v) is 6.05. The summed E-state index contributed by atoms with van der Waals surface area (Å²) in [5.41, 5.74) is 2.39. The molecule has 1 aliphatic rings. The van der Waals surface area contributed by atoms with Gasteiger partial charge in [0.25, 0.3) is 11.8 Å². The second-order valence-electron chi connectivity index (χ2n) is 7.39. The fraction of sp³-hybridized carbons (Fsp3) is 0.429. The van der Waals surface area contributed by atoms with E-state index in [9.17, 15) is 9.59 Å². The summed E-state index contributed by atoms with van der Waals surface area (Å²) in [5, 5.41) is 8.10. The van der Waals surface area contributed by atoms with Gasteiger partial charge in [-0.1, -0.05) is 25.0 Å². The van der Waals surface area contributed by atoms with Gasteiger partial charge in [0, 0.05) is 6.04 Å². The fourth-order valence-electron chi connectivity index (χ4n) is 3.51. The van der Waals surface area contributed by atoms with Crippen molar-refractivity contribution >= 4 is 28.8 Å². The van der Waals surface area contributed by atoms with Gasteiger partial charge in [0.15, 0.2) is 6.54 Å². The quantitative estimate of drug-likeness (QED) is 0.684. The molecule has 1 aliphatic carbocycles. The molecule has 1 aromatic carbocycles. The molecule has 2 aromatic rings. The van der Waals surface area contributed by atoms with Gasteiger partial charge in [-0.3, -0.25) is 9.59 Å². The van der Waals surface area contributed by atoms with Crippen molar-refractivity contribution in [2.75, 3.05) is 18.9 Å². The van der Waals surface area contributed by atoms with Crippen molar-refractivity contribution in [1.82, 2.24) is 5.32 Å². The standard InChI is InChI=1S/C21H27N3O2S/c1-15-11-12-27-19(15)13-24(2)14-20(25)23-18-10-6-5-9-17(18)21(26)22-16-7-3-4-8-16/h5-6,9-12,16H,3-4,7-8,13-14H2,1-2H3,(H,22,26)(H,23,25)/p+1. The van der Waals surface area contributed by atoms with E-state index < -0.39 is 0 Å². The van der Waals surface area contributed by atoms with Crippen LogP contribution in [0.2, 0.25) is 0 Å². The molecule has 0 aliphatic heterocycles. The summed E-state index contributed by atoms with van der Waals surface area (Å²) in [6, 6.07) is 9.59. The first kappa shape index (κ1) is 19.6. The molecule has 27 heavy (non-hydrogen) atoms. The van der Waals surface area contributed by atoms with E-state index >= 15 is 0 Å². The summed E-state index contributed by atoms with van der Waals surface area (Å²) in [6.07, 6.45) is 4.41. The molecule has 1 aromatic heterocycles. The topological polar surface area (TPSA) is 62.6 Å². The average Bonchev–Trinajstić information content (AvgIpc) is 3.27. The Bertz CT molecular complexity index is 796. The van der Waals surface area contributed by atoms with Crippen molar-refractivity contribution < 1.29 is 14.5 Å². The van der Waals surface area contributed by atoms with Crippen molar-refractivity contribution in [2.24, 2.45) is 0 Å². The van der Waals surface area contributed by atoms with Crippen molar-refractivity contribution in [3.63, 3.8) is 0 Å². The average molecular weight is 387 g/mol. The summed E-state index contributed by atoms with van der Waals surface area (Å²) < 4.78 is 0. The number of likely N-dealkylation sites (N-methyl/N-ethyl adjacent to an activating group) is 1. The van der Waals surface area contributed by atoms with Crippen LogP contribution in [0.25, 0.3) is 0 Å². The number of quaternary nitrogens is 1. The number of hydrogen-bond donors (Lipinski definition) is 3. The maximum absolute atomic E-state index is 12.6. The summed E-state index contributed by atoms with van der Waals surface area (Å²) in [6.45, 7) is 3.27. The van der Waals surface area contributed by atoms with Gasteiger partial charge in [-0.2, -0.15) is 0 Å². The van der Waals surface area contributed by atoms with Crippen molar-refractivity contribution in [3.05, 3.63) is 51.7 Å². The van der Waals surface area contributed by atoms with Gasteiger partial charge in [-0.15, -0.1) is 11.3 Å². The SMILES string of the molecule is Cc1ccsc1C[NH+](C)CC(=O)Nc1ccccc1C(=O)NC1CCCC1. The Morgan fingerprint density at radius 2 is 1.93 bits per heavy atom. The minimum absolute atomic E-state index is 0.0807. The van der Waals surface area contributed by atoms with E-state index in [1.807, 2.05) is 19.2 Å². The fourth-order valence-corrected chi connectivity index (χ4v) is 4.53. The first-order valence-electron chi connectivity index (χ1n) is 9.57. The Labute approximate surface area is 164 Å². The Morgan fingerprint density at radius 3 is 2.63 bits per heavy atom. The summed E-state index contributed by atoms with van der Waals surface area (Å²) in [4.78, 5) is 27.5.